The third-order valence-corrected chi connectivity index (χ3v) is 7.38. The Balaban J connectivity index is 1.54. The number of benzene rings is 1. The van der Waals surface area contributed by atoms with Gasteiger partial charge in [-0.05, 0) is 44.5 Å². The highest BCUT2D eigenvalue weighted by Gasteiger charge is 2.32. The maximum Gasteiger partial charge on any atom is 0.254 e. The van der Waals surface area contributed by atoms with Crippen LogP contribution in [-0.2, 0) is 28.1 Å². The standard InChI is InChI=1S/C21H26N2O5S/c1-14(2)29(26,27)19-7-5-16(6-8-19)10-21(25)23-12-18(13-23)28-17-9-15(3)22(4)20(24)11-17/h5-9,11,14,18H,10,12-13H2,1-4H3. The number of hydrogen-bond acceptors (Lipinski definition) is 5. The van der Waals surface area contributed by atoms with Crippen molar-refractivity contribution in [1.29, 1.82) is 0 Å². The van der Waals surface area contributed by atoms with Crippen molar-refractivity contribution in [2.45, 2.75) is 43.4 Å². The Morgan fingerprint density at radius 2 is 1.79 bits per heavy atom. The van der Waals surface area contributed by atoms with Crippen LogP contribution in [0.15, 0.2) is 46.1 Å². The fourth-order valence-electron chi connectivity index (χ4n) is 3.07. The van der Waals surface area contributed by atoms with E-state index < -0.39 is 15.1 Å². The van der Waals surface area contributed by atoms with Crippen molar-refractivity contribution < 1.29 is 17.9 Å². The van der Waals surface area contributed by atoms with Crippen LogP contribution < -0.4 is 10.3 Å². The molecule has 1 amide bonds. The first-order valence-electron chi connectivity index (χ1n) is 9.53. The summed E-state index contributed by atoms with van der Waals surface area (Å²) in [5, 5.41) is -0.485. The highest BCUT2D eigenvalue weighted by molar-refractivity contribution is 7.92. The summed E-state index contributed by atoms with van der Waals surface area (Å²) >= 11 is 0. The zero-order valence-electron chi connectivity index (χ0n) is 17.1. The summed E-state index contributed by atoms with van der Waals surface area (Å²) in [5.41, 5.74) is 1.45. The van der Waals surface area contributed by atoms with E-state index in [4.69, 9.17) is 4.74 Å². The monoisotopic (exact) mass is 418 g/mol. The van der Waals surface area contributed by atoms with Gasteiger partial charge in [0.15, 0.2) is 9.84 Å². The fraction of sp³-hybridized carbons (Fsp3) is 0.429. The fourth-order valence-corrected chi connectivity index (χ4v) is 4.13. The van der Waals surface area contributed by atoms with Crippen LogP contribution in [0.25, 0.3) is 0 Å². The molecule has 0 unspecified atom stereocenters. The lowest BCUT2D eigenvalue weighted by Gasteiger charge is -2.39. The number of aryl methyl sites for hydroxylation is 1. The second-order valence-corrected chi connectivity index (χ2v) is 10.2. The van der Waals surface area contributed by atoms with Gasteiger partial charge in [0, 0.05) is 18.8 Å². The Bertz CT molecular complexity index is 1070. The number of carbonyl (C=O) groups is 1. The van der Waals surface area contributed by atoms with E-state index in [0.717, 1.165) is 11.3 Å². The highest BCUT2D eigenvalue weighted by Crippen LogP contribution is 2.20. The van der Waals surface area contributed by atoms with Crippen LogP contribution in [0, 0.1) is 6.92 Å². The molecular weight excluding hydrogens is 392 g/mol. The second-order valence-electron chi connectivity index (χ2n) is 7.68. The number of aromatic nitrogens is 1. The van der Waals surface area contributed by atoms with E-state index in [-0.39, 0.29) is 28.9 Å². The Kier molecular flexibility index (Phi) is 5.84. The molecule has 8 heteroatoms. The van der Waals surface area contributed by atoms with Gasteiger partial charge in [-0.25, -0.2) is 8.42 Å². The minimum atomic E-state index is -3.31. The first-order chi connectivity index (χ1) is 13.6. The summed E-state index contributed by atoms with van der Waals surface area (Å²) < 4.78 is 31.7. The van der Waals surface area contributed by atoms with Gasteiger partial charge in [0.2, 0.25) is 5.91 Å². The number of ether oxygens (including phenoxy) is 1. The van der Waals surface area contributed by atoms with E-state index in [1.165, 1.54) is 6.07 Å². The van der Waals surface area contributed by atoms with Crippen molar-refractivity contribution in [3.63, 3.8) is 0 Å². The molecule has 1 aromatic heterocycles. The maximum absolute atomic E-state index is 12.4. The Morgan fingerprint density at radius 3 is 2.34 bits per heavy atom. The smallest absolute Gasteiger partial charge is 0.254 e. The van der Waals surface area contributed by atoms with E-state index in [1.54, 1.807) is 60.7 Å². The number of amides is 1. The van der Waals surface area contributed by atoms with E-state index in [0.29, 0.717) is 18.8 Å². The lowest BCUT2D eigenvalue weighted by Crippen LogP contribution is -2.56. The van der Waals surface area contributed by atoms with Gasteiger partial charge in [-0.1, -0.05) is 12.1 Å². The molecule has 1 fully saturated rings. The van der Waals surface area contributed by atoms with Crippen molar-refractivity contribution >= 4 is 15.7 Å². The van der Waals surface area contributed by atoms with Gasteiger partial charge in [0.1, 0.15) is 11.9 Å². The number of likely N-dealkylation sites (tertiary alicyclic amines) is 1. The SMILES string of the molecule is Cc1cc(OC2CN(C(=O)Cc3ccc(S(=O)(=O)C(C)C)cc3)C2)cc(=O)n1C. The van der Waals surface area contributed by atoms with Crippen molar-refractivity contribution in [3.05, 3.63) is 58.0 Å². The first-order valence-corrected chi connectivity index (χ1v) is 11.1. The Morgan fingerprint density at radius 1 is 1.17 bits per heavy atom. The van der Waals surface area contributed by atoms with Gasteiger partial charge in [-0.15, -0.1) is 0 Å². The molecule has 2 aromatic rings. The molecule has 1 saturated heterocycles. The topological polar surface area (TPSA) is 85.7 Å². The van der Waals surface area contributed by atoms with Crippen LogP contribution in [0.3, 0.4) is 0 Å². The summed E-state index contributed by atoms with van der Waals surface area (Å²) in [6, 6.07) is 9.73. The van der Waals surface area contributed by atoms with Crippen molar-refractivity contribution in [2.75, 3.05) is 13.1 Å². The number of rotatable bonds is 6. The molecule has 156 valence electrons. The van der Waals surface area contributed by atoms with Crippen LogP contribution in [0.1, 0.15) is 25.1 Å². The molecule has 0 aliphatic carbocycles. The Labute approximate surface area is 170 Å². The lowest BCUT2D eigenvalue weighted by molar-refractivity contribution is -0.139. The molecule has 0 bridgehead atoms. The highest BCUT2D eigenvalue weighted by atomic mass is 32.2. The average Bonchev–Trinajstić information content (AvgIpc) is 2.62. The molecule has 1 aromatic carbocycles. The number of hydrogen-bond donors (Lipinski definition) is 0. The molecule has 1 aliphatic heterocycles. The number of sulfone groups is 1. The molecule has 0 N–H and O–H groups in total. The largest absolute Gasteiger partial charge is 0.486 e. The molecule has 0 saturated carbocycles. The van der Waals surface area contributed by atoms with Crippen LogP contribution in [-0.4, -0.2) is 48.2 Å². The van der Waals surface area contributed by atoms with E-state index in [1.807, 2.05) is 6.92 Å². The maximum atomic E-state index is 12.4. The molecule has 1 aliphatic rings. The number of carbonyl (C=O) groups excluding carboxylic acids is 1. The average molecular weight is 419 g/mol. The summed E-state index contributed by atoms with van der Waals surface area (Å²) in [4.78, 5) is 26.2. The normalized spacial score (nSPS) is 14.7. The van der Waals surface area contributed by atoms with Gasteiger partial charge in [0.25, 0.3) is 5.56 Å². The summed E-state index contributed by atoms with van der Waals surface area (Å²) in [5.74, 6) is 0.481. The van der Waals surface area contributed by atoms with Gasteiger partial charge in [-0.3, -0.25) is 9.59 Å². The molecule has 7 nitrogen and oxygen atoms in total. The minimum Gasteiger partial charge on any atom is -0.486 e. The van der Waals surface area contributed by atoms with Crippen molar-refractivity contribution in [3.8, 4) is 5.75 Å². The Hall–Kier alpha value is -2.61. The third-order valence-electron chi connectivity index (χ3n) is 5.21. The molecule has 0 spiro atoms. The lowest BCUT2D eigenvalue weighted by atomic mass is 10.1. The second kappa shape index (κ2) is 8.02. The molecule has 29 heavy (non-hydrogen) atoms. The minimum absolute atomic E-state index is 0.0375. The third kappa shape index (κ3) is 4.53. The first kappa shape index (κ1) is 21.1. The summed E-state index contributed by atoms with van der Waals surface area (Å²) in [6.07, 6.45) is 0.0729. The van der Waals surface area contributed by atoms with E-state index >= 15 is 0 Å². The van der Waals surface area contributed by atoms with Crippen LogP contribution in [0.2, 0.25) is 0 Å². The predicted octanol–water partition coefficient (Wildman–Crippen LogP) is 1.71. The quantitative estimate of drug-likeness (QED) is 0.713. The zero-order valence-corrected chi connectivity index (χ0v) is 17.9. The zero-order chi connectivity index (χ0) is 21.3. The number of pyridine rings is 1. The van der Waals surface area contributed by atoms with Crippen LogP contribution in [0.4, 0.5) is 0 Å². The van der Waals surface area contributed by atoms with Gasteiger partial charge < -0.3 is 14.2 Å². The number of nitrogens with zero attached hydrogens (tertiary/aromatic N) is 2. The van der Waals surface area contributed by atoms with E-state index in [2.05, 4.69) is 0 Å². The molecule has 0 radical (unpaired) electrons. The molecular formula is C21H26N2O5S. The summed E-state index contributed by atoms with van der Waals surface area (Å²) in [6.45, 7) is 6.05. The molecule has 3 rings (SSSR count). The van der Waals surface area contributed by atoms with Crippen molar-refractivity contribution in [2.24, 2.45) is 7.05 Å². The van der Waals surface area contributed by atoms with E-state index in [9.17, 15) is 18.0 Å². The van der Waals surface area contributed by atoms with Crippen molar-refractivity contribution in [1.82, 2.24) is 9.47 Å². The predicted molar refractivity (Wildman–Crippen MR) is 110 cm³/mol. The van der Waals surface area contributed by atoms with Gasteiger partial charge in [-0.2, -0.15) is 0 Å². The molecule has 0 atom stereocenters. The molecule has 2 heterocycles. The summed E-state index contributed by atoms with van der Waals surface area (Å²) in [7, 11) is -1.61. The van der Waals surface area contributed by atoms with Gasteiger partial charge in [0.05, 0.1) is 29.7 Å². The van der Waals surface area contributed by atoms with Gasteiger partial charge >= 0.3 is 0 Å². The van der Waals surface area contributed by atoms with Crippen LogP contribution >= 0.6 is 0 Å². The van der Waals surface area contributed by atoms with Crippen LogP contribution in [0.5, 0.6) is 5.75 Å².